The second-order valence-electron chi connectivity index (χ2n) is 7.66. The lowest BCUT2D eigenvalue weighted by Gasteiger charge is -2.09. The molecule has 0 radical (unpaired) electrons. The first-order valence-corrected chi connectivity index (χ1v) is 9.80. The Kier molecular flexibility index (Phi) is 5.18. The van der Waals surface area contributed by atoms with Gasteiger partial charge >= 0.3 is 0 Å². The number of amides is 2. The monoisotopic (exact) mass is 402 g/mol. The van der Waals surface area contributed by atoms with Crippen LogP contribution in [-0.4, -0.2) is 21.8 Å². The number of hydrogen-bond acceptors (Lipinski definition) is 4. The largest absolute Gasteiger partial charge is 0.326 e. The van der Waals surface area contributed by atoms with Crippen molar-refractivity contribution in [3.8, 4) is 11.4 Å². The van der Waals surface area contributed by atoms with Gasteiger partial charge in [-0.15, -0.1) is 0 Å². The maximum atomic E-state index is 12.7. The first-order chi connectivity index (χ1) is 14.4. The van der Waals surface area contributed by atoms with E-state index in [9.17, 15) is 14.4 Å². The van der Waals surface area contributed by atoms with Crippen LogP contribution in [0.3, 0.4) is 0 Å². The number of nitrogens with one attached hydrogen (secondary N) is 3. The van der Waals surface area contributed by atoms with Gasteiger partial charge in [0.25, 0.3) is 11.5 Å². The average Bonchev–Trinajstić information content (AvgIpc) is 3.44. The Balaban J connectivity index is 1.49. The zero-order valence-corrected chi connectivity index (χ0v) is 16.7. The first kappa shape index (κ1) is 19.6. The highest BCUT2D eigenvalue weighted by Gasteiger charge is 2.39. The van der Waals surface area contributed by atoms with Crippen molar-refractivity contribution in [2.75, 3.05) is 10.6 Å². The number of rotatable bonds is 5. The van der Waals surface area contributed by atoms with Crippen molar-refractivity contribution in [3.63, 3.8) is 0 Å². The zero-order chi connectivity index (χ0) is 21.3. The van der Waals surface area contributed by atoms with E-state index in [1.165, 1.54) is 6.07 Å². The van der Waals surface area contributed by atoms with Crippen LogP contribution in [0.25, 0.3) is 11.4 Å². The summed E-state index contributed by atoms with van der Waals surface area (Å²) >= 11 is 0. The molecule has 2 unspecified atom stereocenters. The number of nitrogens with zero attached hydrogens (tertiary/aromatic N) is 1. The molecule has 30 heavy (non-hydrogen) atoms. The topological polar surface area (TPSA) is 104 Å². The zero-order valence-electron chi connectivity index (χ0n) is 16.7. The molecule has 3 aromatic rings. The number of aryl methyl sites for hydroxylation is 1. The summed E-state index contributed by atoms with van der Waals surface area (Å²) in [4.78, 5) is 43.6. The third kappa shape index (κ3) is 4.46. The van der Waals surface area contributed by atoms with Crippen molar-refractivity contribution in [1.82, 2.24) is 9.97 Å². The number of aromatic nitrogens is 2. The van der Waals surface area contributed by atoms with Gasteiger partial charge in [-0.3, -0.25) is 14.4 Å². The van der Waals surface area contributed by atoms with Crippen molar-refractivity contribution in [1.29, 1.82) is 0 Å². The molecule has 1 fully saturated rings. The Bertz CT molecular complexity index is 1180. The van der Waals surface area contributed by atoms with Gasteiger partial charge < -0.3 is 15.6 Å². The summed E-state index contributed by atoms with van der Waals surface area (Å²) in [6.07, 6.45) is 0.906. The summed E-state index contributed by atoms with van der Waals surface area (Å²) in [6.45, 7) is 3.80. The van der Waals surface area contributed by atoms with Crippen LogP contribution in [0.15, 0.2) is 59.4 Å². The van der Waals surface area contributed by atoms with Crippen molar-refractivity contribution in [2.24, 2.45) is 11.8 Å². The van der Waals surface area contributed by atoms with Gasteiger partial charge in [-0.1, -0.05) is 25.1 Å². The van der Waals surface area contributed by atoms with Gasteiger partial charge in [-0.25, -0.2) is 4.98 Å². The van der Waals surface area contributed by atoms with Gasteiger partial charge in [0.15, 0.2) is 0 Å². The van der Waals surface area contributed by atoms with E-state index >= 15 is 0 Å². The Morgan fingerprint density at radius 2 is 1.73 bits per heavy atom. The smallest absolute Gasteiger partial charge is 0.255 e. The number of H-pyrrole nitrogens is 1. The molecule has 2 aromatic carbocycles. The molecule has 7 nitrogen and oxygen atoms in total. The van der Waals surface area contributed by atoms with Gasteiger partial charge in [-0.05, 0) is 49.6 Å². The van der Waals surface area contributed by atoms with E-state index in [0.717, 1.165) is 6.42 Å². The average molecular weight is 402 g/mol. The summed E-state index contributed by atoms with van der Waals surface area (Å²) in [6, 6.07) is 15.4. The number of hydrogen-bond donors (Lipinski definition) is 3. The summed E-state index contributed by atoms with van der Waals surface area (Å²) < 4.78 is 0. The second-order valence-corrected chi connectivity index (χ2v) is 7.66. The van der Waals surface area contributed by atoms with E-state index in [4.69, 9.17) is 0 Å². The lowest BCUT2D eigenvalue weighted by molar-refractivity contribution is -0.117. The van der Waals surface area contributed by atoms with Crippen molar-refractivity contribution in [3.05, 3.63) is 76.2 Å². The molecular weight excluding hydrogens is 380 g/mol. The molecule has 0 spiro atoms. The van der Waals surface area contributed by atoms with E-state index in [1.807, 2.05) is 13.0 Å². The SMILES string of the molecule is Cc1cc(=O)[nH]c(-c2cccc(NC(=O)c3cccc(NC(=O)C4CC4C)c3)c2)n1. The van der Waals surface area contributed by atoms with Crippen molar-refractivity contribution in [2.45, 2.75) is 20.3 Å². The fourth-order valence-corrected chi connectivity index (χ4v) is 3.32. The molecule has 1 heterocycles. The fraction of sp³-hybridized carbons (Fsp3) is 0.217. The highest BCUT2D eigenvalue weighted by Crippen LogP contribution is 2.38. The third-order valence-corrected chi connectivity index (χ3v) is 5.10. The maximum Gasteiger partial charge on any atom is 0.255 e. The molecule has 1 aromatic heterocycles. The summed E-state index contributed by atoms with van der Waals surface area (Å²) in [5, 5.41) is 5.72. The highest BCUT2D eigenvalue weighted by molar-refractivity contribution is 6.05. The molecular formula is C23H22N4O3. The van der Waals surface area contributed by atoms with Crippen LogP contribution in [0, 0.1) is 18.8 Å². The molecule has 2 atom stereocenters. The van der Waals surface area contributed by atoms with E-state index in [2.05, 4.69) is 20.6 Å². The molecule has 0 bridgehead atoms. The lowest BCUT2D eigenvalue weighted by atomic mass is 10.1. The molecule has 4 rings (SSSR count). The third-order valence-electron chi connectivity index (χ3n) is 5.10. The van der Waals surface area contributed by atoms with Crippen LogP contribution in [0.5, 0.6) is 0 Å². The fourth-order valence-electron chi connectivity index (χ4n) is 3.32. The summed E-state index contributed by atoms with van der Waals surface area (Å²) in [5.74, 6) is 0.615. The Morgan fingerprint density at radius 3 is 2.43 bits per heavy atom. The van der Waals surface area contributed by atoms with Crippen molar-refractivity contribution < 1.29 is 9.59 Å². The van der Waals surface area contributed by atoms with E-state index in [-0.39, 0.29) is 23.3 Å². The van der Waals surface area contributed by atoms with Gasteiger partial charge in [0.05, 0.1) is 0 Å². The Labute approximate surface area is 173 Å². The number of aromatic amines is 1. The minimum atomic E-state index is -0.297. The van der Waals surface area contributed by atoms with Crippen LogP contribution < -0.4 is 16.2 Å². The Morgan fingerprint density at radius 1 is 1.03 bits per heavy atom. The minimum Gasteiger partial charge on any atom is -0.326 e. The standard InChI is InChI=1S/C23H22N4O3/c1-13-9-19(13)23(30)26-18-8-4-6-16(12-18)22(29)25-17-7-3-5-15(11-17)21-24-14(2)10-20(28)27-21/h3-8,10-13,19H,9H2,1-2H3,(H,25,29)(H,26,30)(H,24,27,28). The maximum absolute atomic E-state index is 12.7. The first-order valence-electron chi connectivity index (χ1n) is 9.80. The Hall–Kier alpha value is -3.74. The normalized spacial score (nSPS) is 17.3. The molecule has 1 aliphatic carbocycles. The van der Waals surface area contributed by atoms with Gasteiger partial charge in [0, 0.05) is 40.2 Å². The predicted octanol–water partition coefficient (Wildman–Crippen LogP) is 3.59. The van der Waals surface area contributed by atoms with Crippen molar-refractivity contribution >= 4 is 23.2 Å². The van der Waals surface area contributed by atoms with E-state index in [1.54, 1.807) is 49.4 Å². The molecule has 2 amide bonds. The molecule has 7 heteroatoms. The van der Waals surface area contributed by atoms with Crippen LogP contribution >= 0.6 is 0 Å². The minimum absolute atomic E-state index is 0.00703. The number of anilines is 2. The van der Waals surface area contributed by atoms with Crippen LogP contribution in [-0.2, 0) is 4.79 Å². The van der Waals surface area contributed by atoms with Crippen LogP contribution in [0.1, 0.15) is 29.4 Å². The quantitative estimate of drug-likeness (QED) is 0.607. The van der Waals surface area contributed by atoms with Gasteiger partial charge in [-0.2, -0.15) is 0 Å². The lowest BCUT2D eigenvalue weighted by Crippen LogP contribution is -2.16. The molecule has 3 N–H and O–H groups in total. The molecule has 1 aliphatic rings. The van der Waals surface area contributed by atoms with Gasteiger partial charge in [0.2, 0.25) is 5.91 Å². The second kappa shape index (κ2) is 7.94. The van der Waals surface area contributed by atoms with Crippen LogP contribution in [0.4, 0.5) is 11.4 Å². The number of benzene rings is 2. The predicted molar refractivity (Wildman–Crippen MR) is 115 cm³/mol. The van der Waals surface area contributed by atoms with Crippen LogP contribution in [0.2, 0.25) is 0 Å². The van der Waals surface area contributed by atoms with E-state index in [0.29, 0.717) is 39.9 Å². The molecule has 1 saturated carbocycles. The number of carbonyl (C=O) groups is 2. The molecule has 0 aliphatic heterocycles. The highest BCUT2D eigenvalue weighted by atomic mass is 16.2. The number of carbonyl (C=O) groups excluding carboxylic acids is 2. The van der Waals surface area contributed by atoms with Gasteiger partial charge in [0.1, 0.15) is 5.82 Å². The molecule has 152 valence electrons. The van der Waals surface area contributed by atoms with E-state index < -0.39 is 0 Å². The molecule has 0 saturated heterocycles. The summed E-state index contributed by atoms with van der Waals surface area (Å²) in [5.41, 5.74) is 2.68. The summed E-state index contributed by atoms with van der Waals surface area (Å²) in [7, 11) is 0.